The topological polar surface area (TPSA) is 19.6 Å². The Morgan fingerprint density at radius 3 is 2.23 bits per heavy atom. The second-order valence-electron chi connectivity index (χ2n) is 11.9. The molecule has 7 aromatic rings. The first-order chi connectivity index (χ1) is 24.7. The standard InChI is InChI=1S/C38H29BN2OS/c1-38(2,3)24-21-22-32-28(23-24)35-37(43-32)39-33-29(18-12-19-30(33)41(35)26-15-8-5-9-16-26)40(25-13-6-4-7-14-25)34-27-17-10-11-20-31(27)42-36(34)39/h4-23H,1-3H3/i4D,5D,6D,7D,8D,9D,13D,14D,15D. The van der Waals surface area contributed by atoms with Gasteiger partial charge >= 0.3 is 6.71 Å². The number of rotatable bonds is 2. The molecule has 0 aliphatic carbocycles. The maximum Gasteiger partial charge on any atom is 0.309 e. The molecule has 4 heterocycles. The minimum atomic E-state index is -0.494. The second-order valence-corrected chi connectivity index (χ2v) is 13.0. The SMILES string of the molecule is [2H]c1cc(N2c3cccc4c3B(c3oc5ccccc5c3N4c3c([2H])c([2H])c([2H])c([2H])c3[2H])c3sc4ccc(C(C)(C)C)cc4c32)c([2H])c([2H])c1[2H]. The lowest BCUT2D eigenvalue weighted by molar-refractivity contribution is 0.591. The highest BCUT2D eigenvalue weighted by molar-refractivity contribution is 7.33. The number of nitrogens with zero attached hydrogens (tertiary/aromatic N) is 2. The van der Waals surface area contributed by atoms with E-state index in [9.17, 15) is 0 Å². The van der Waals surface area contributed by atoms with Crippen LogP contribution < -0.4 is 25.7 Å². The molecule has 43 heavy (non-hydrogen) atoms. The summed E-state index contributed by atoms with van der Waals surface area (Å²) in [5.74, 6) is 0. The summed E-state index contributed by atoms with van der Waals surface area (Å²) in [6.45, 7) is 5.95. The van der Waals surface area contributed by atoms with Crippen LogP contribution in [0.3, 0.4) is 0 Å². The van der Waals surface area contributed by atoms with E-state index in [2.05, 4.69) is 39.0 Å². The maximum absolute atomic E-state index is 9.14. The van der Waals surface area contributed by atoms with E-state index < -0.39 is 24.8 Å². The molecular weight excluding hydrogens is 543 g/mol. The van der Waals surface area contributed by atoms with E-state index in [1.54, 1.807) is 16.2 Å². The Morgan fingerprint density at radius 2 is 1.44 bits per heavy atom. The molecule has 9 rings (SSSR count). The van der Waals surface area contributed by atoms with Crippen LogP contribution in [-0.2, 0) is 5.41 Å². The zero-order valence-corrected chi connectivity index (χ0v) is 24.5. The predicted octanol–water partition coefficient (Wildman–Crippen LogP) is 9.03. The molecule has 0 atom stereocenters. The molecule has 206 valence electrons. The Hall–Kier alpha value is -4.74. The molecule has 0 fully saturated rings. The smallest absolute Gasteiger partial charge is 0.309 e. The summed E-state index contributed by atoms with van der Waals surface area (Å²) in [7, 11) is 0. The summed E-state index contributed by atoms with van der Waals surface area (Å²) in [4.78, 5) is 3.62. The summed E-state index contributed by atoms with van der Waals surface area (Å²) in [5, 5.41) is 1.65. The van der Waals surface area contributed by atoms with E-state index in [4.69, 9.17) is 16.8 Å². The van der Waals surface area contributed by atoms with Crippen molar-refractivity contribution in [2.75, 3.05) is 9.80 Å². The third-order valence-electron chi connectivity index (χ3n) is 8.44. The van der Waals surface area contributed by atoms with E-state index in [-0.39, 0.29) is 53.0 Å². The van der Waals surface area contributed by atoms with Crippen molar-refractivity contribution in [1.82, 2.24) is 0 Å². The molecule has 0 amide bonds. The molecule has 0 radical (unpaired) electrons. The van der Waals surface area contributed by atoms with Crippen LogP contribution in [0.5, 0.6) is 0 Å². The normalized spacial score (nSPS) is 16.7. The first kappa shape index (κ1) is 17.4. The van der Waals surface area contributed by atoms with Crippen LogP contribution in [0, 0.1) is 0 Å². The van der Waals surface area contributed by atoms with Crippen LogP contribution in [0.1, 0.15) is 38.7 Å². The van der Waals surface area contributed by atoms with Crippen molar-refractivity contribution in [3.05, 3.63) is 127 Å². The molecule has 0 spiro atoms. The Balaban J connectivity index is 1.46. The van der Waals surface area contributed by atoms with E-state index in [1.807, 2.05) is 47.4 Å². The number of furan rings is 1. The van der Waals surface area contributed by atoms with Crippen LogP contribution >= 0.6 is 11.3 Å². The quantitative estimate of drug-likeness (QED) is 0.190. The minimum Gasteiger partial charge on any atom is -0.468 e. The monoisotopic (exact) mass is 581 g/mol. The van der Waals surface area contributed by atoms with Gasteiger partial charge in [0.2, 0.25) is 0 Å². The van der Waals surface area contributed by atoms with Gasteiger partial charge in [0, 0.05) is 43.0 Å². The Morgan fingerprint density at radius 1 is 0.721 bits per heavy atom. The van der Waals surface area contributed by atoms with Gasteiger partial charge in [-0.1, -0.05) is 81.3 Å². The molecule has 2 aromatic heterocycles. The van der Waals surface area contributed by atoms with Crippen LogP contribution in [-0.4, -0.2) is 6.71 Å². The fourth-order valence-electron chi connectivity index (χ4n) is 6.55. The van der Waals surface area contributed by atoms with Gasteiger partial charge in [-0.25, -0.2) is 0 Å². The van der Waals surface area contributed by atoms with Crippen molar-refractivity contribution >= 4 is 89.1 Å². The first-order valence-corrected chi connectivity index (χ1v) is 15.0. The molecule has 0 bridgehead atoms. The van der Waals surface area contributed by atoms with Gasteiger partial charge in [0.15, 0.2) is 0 Å². The van der Waals surface area contributed by atoms with Gasteiger partial charge in [0.05, 0.1) is 23.7 Å². The predicted molar refractivity (Wildman–Crippen MR) is 184 cm³/mol. The van der Waals surface area contributed by atoms with E-state index >= 15 is 0 Å². The summed E-state index contributed by atoms with van der Waals surface area (Å²) in [6.07, 6.45) is 0. The van der Waals surface area contributed by atoms with Crippen molar-refractivity contribution < 1.29 is 16.8 Å². The molecule has 0 saturated carbocycles. The van der Waals surface area contributed by atoms with Crippen molar-refractivity contribution in [1.29, 1.82) is 0 Å². The molecule has 0 unspecified atom stereocenters. The molecule has 0 N–H and O–H groups in total. The lowest BCUT2D eigenvalue weighted by Gasteiger charge is -2.41. The van der Waals surface area contributed by atoms with Crippen molar-refractivity contribution in [2.45, 2.75) is 26.2 Å². The number of anilines is 6. The molecule has 5 aromatic carbocycles. The highest BCUT2D eigenvalue weighted by Crippen LogP contribution is 2.49. The number of fused-ring (bicyclic) bond motifs is 8. The average molecular weight is 582 g/mol. The van der Waals surface area contributed by atoms with Crippen LogP contribution in [0.15, 0.2) is 126 Å². The van der Waals surface area contributed by atoms with Crippen molar-refractivity contribution in [2.24, 2.45) is 0 Å². The number of para-hydroxylation sites is 3. The van der Waals surface area contributed by atoms with Crippen LogP contribution in [0.2, 0.25) is 0 Å². The lowest BCUT2D eigenvalue weighted by atomic mass is 9.38. The van der Waals surface area contributed by atoms with Gasteiger partial charge in [0.25, 0.3) is 0 Å². The number of thiophene rings is 1. The van der Waals surface area contributed by atoms with Crippen molar-refractivity contribution in [3.63, 3.8) is 0 Å². The first-order valence-electron chi connectivity index (χ1n) is 18.7. The Bertz CT molecular complexity index is 2690. The molecule has 2 aliphatic rings. The minimum absolute atomic E-state index is 0.0178. The van der Waals surface area contributed by atoms with E-state index in [0.717, 1.165) is 37.0 Å². The second kappa shape index (κ2) is 8.89. The Labute approximate surface area is 268 Å². The number of hydrogen-bond donors (Lipinski definition) is 0. The van der Waals surface area contributed by atoms with Gasteiger partial charge in [0.1, 0.15) is 11.2 Å². The molecule has 3 nitrogen and oxygen atoms in total. The fourth-order valence-corrected chi connectivity index (χ4v) is 7.83. The lowest BCUT2D eigenvalue weighted by Crippen LogP contribution is -2.60. The highest BCUT2D eigenvalue weighted by atomic mass is 32.1. The van der Waals surface area contributed by atoms with Gasteiger partial charge in [-0.05, 0) is 77.0 Å². The average Bonchev–Trinajstić information content (AvgIpc) is 3.70. The van der Waals surface area contributed by atoms with Crippen molar-refractivity contribution in [3.8, 4) is 0 Å². The van der Waals surface area contributed by atoms with Gasteiger partial charge < -0.3 is 14.2 Å². The van der Waals surface area contributed by atoms with Gasteiger partial charge in [-0.2, -0.15) is 0 Å². The summed E-state index contributed by atoms with van der Waals surface area (Å²) in [5.41, 5.74) is 5.60. The molecular formula is C38H29BN2OS. The summed E-state index contributed by atoms with van der Waals surface area (Å²) >= 11 is 1.59. The number of benzene rings is 5. The zero-order valence-electron chi connectivity index (χ0n) is 32.6. The highest BCUT2D eigenvalue weighted by Gasteiger charge is 2.48. The summed E-state index contributed by atoms with van der Waals surface area (Å²) in [6, 6.07) is 17.8. The summed E-state index contributed by atoms with van der Waals surface area (Å²) < 4.78 is 87.1. The van der Waals surface area contributed by atoms with Gasteiger partial charge in [-0.3, -0.25) is 0 Å². The fraction of sp³-hybridized carbons (Fsp3) is 0.105. The van der Waals surface area contributed by atoms with Gasteiger partial charge in [-0.15, -0.1) is 11.3 Å². The molecule has 5 heteroatoms. The van der Waals surface area contributed by atoms with E-state index in [1.165, 1.54) is 6.07 Å². The third kappa shape index (κ3) is 3.49. The molecule has 0 saturated heterocycles. The molecule has 2 aliphatic heterocycles. The maximum atomic E-state index is 9.14. The van der Waals surface area contributed by atoms with Crippen LogP contribution in [0.4, 0.5) is 34.1 Å². The Kier molecular flexibility index (Phi) is 3.60. The third-order valence-corrected chi connectivity index (χ3v) is 9.66. The number of hydrogen-bond acceptors (Lipinski definition) is 4. The van der Waals surface area contributed by atoms with Crippen LogP contribution in [0.25, 0.3) is 21.1 Å². The largest absolute Gasteiger partial charge is 0.468 e. The van der Waals surface area contributed by atoms with E-state index in [0.29, 0.717) is 28.3 Å². The zero-order chi connectivity index (χ0) is 36.7.